The van der Waals surface area contributed by atoms with Crippen LogP contribution in [0.1, 0.15) is 44.6 Å². The van der Waals surface area contributed by atoms with Gasteiger partial charge in [-0.25, -0.2) is 0 Å². The number of rotatable bonds is 6. The van der Waals surface area contributed by atoms with Gasteiger partial charge in [-0.1, -0.05) is 6.92 Å². The minimum Gasteiger partial charge on any atom is -0.368 e. The summed E-state index contributed by atoms with van der Waals surface area (Å²) in [5.74, 6) is -0.0443. The van der Waals surface area contributed by atoms with E-state index in [2.05, 4.69) is 28.0 Å². The summed E-state index contributed by atoms with van der Waals surface area (Å²) in [7, 11) is 0. The molecule has 1 aromatic rings. The molecule has 0 saturated heterocycles. The first-order chi connectivity index (χ1) is 7.94. The van der Waals surface area contributed by atoms with Crippen molar-refractivity contribution in [2.75, 3.05) is 6.61 Å². The van der Waals surface area contributed by atoms with Crippen molar-refractivity contribution in [1.82, 2.24) is 9.78 Å². The van der Waals surface area contributed by atoms with Gasteiger partial charge in [-0.05, 0) is 43.1 Å². The Kier molecular flexibility index (Phi) is 4.89. The average Bonchev–Trinajstić information content (AvgIpc) is 2.59. The molecule has 0 N–H and O–H groups in total. The van der Waals surface area contributed by atoms with Crippen LogP contribution in [0, 0.1) is 0 Å². The molecule has 5 heteroatoms. The van der Waals surface area contributed by atoms with E-state index < -0.39 is 5.60 Å². The van der Waals surface area contributed by atoms with E-state index in [1.807, 2.05) is 6.92 Å². The zero-order valence-corrected chi connectivity index (χ0v) is 12.4. The van der Waals surface area contributed by atoms with Crippen LogP contribution >= 0.6 is 15.9 Å². The van der Waals surface area contributed by atoms with Gasteiger partial charge in [-0.2, -0.15) is 5.10 Å². The number of carbonyl (C=O) groups excluding carboxylic acids is 1. The van der Waals surface area contributed by atoms with Crippen molar-refractivity contribution in [2.45, 2.75) is 46.3 Å². The quantitative estimate of drug-likeness (QED) is 0.759. The van der Waals surface area contributed by atoms with Crippen molar-refractivity contribution < 1.29 is 9.53 Å². The fourth-order valence-corrected chi connectivity index (χ4v) is 2.16. The van der Waals surface area contributed by atoms with Crippen molar-refractivity contribution in [3.63, 3.8) is 0 Å². The summed E-state index contributed by atoms with van der Waals surface area (Å²) in [6.07, 6.45) is 2.59. The lowest BCUT2D eigenvalue weighted by Gasteiger charge is -2.23. The second-order valence-electron chi connectivity index (χ2n) is 4.34. The van der Waals surface area contributed by atoms with Gasteiger partial charge in [0.1, 0.15) is 11.3 Å². The predicted molar refractivity (Wildman–Crippen MR) is 70.3 cm³/mol. The molecule has 0 amide bonds. The summed E-state index contributed by atoms with van der Waals surface area (Å²) >= 11 is 3.37. The minimum atomic E-state index is -0.817. The number of aromatic nitrogens is 2. The van der Waals surface area contributed by atoms with E-state index in [9.17, 15) is 4.79 Å². The molecule has 0 aliphatic rings. The van der Waals surface area contributed by atoms with Crippen LogP contribution in [0.15, 0.2) is 10.7 Å². The second-order valence-corrected chi connectivity index (χ2v) is 5.19. The van der Waals surface area contributed by atoms with Gasteiger partial charge in [0.05, 0.1) is 10.7 Å². The number of hydrogen-bond acceptors (Lipinski definition) is 3. The zero-order valence-electron chi connectivity index (χ0n) is 10.8. The lowest BCUT2D eigenvalue weighted by molar-refractivity contribution is 0.000388. The molecule has 0 radical (unpaired) electrons. The number of carbonyl (C=O) groups is 1. The number of Topliss-reactive ketones (excluding diaryl/α,β-unsaturated/α-hetero) is 1. The topological polar surface area (TPSA) is 44.1 Å². The van der Waals surface area contributed by atoms with Gasteiger partial charge in [0.15, 0.2) is 0 Å². The molecule has 17 heavy (non-hydrogen) atoms. The Bertz CT molecular complexity index is 399. The predicted octanol–water partition coefficient (Wildman–Crippen LogP) is 3.05. The van der Waals surface area contributed by atoms with Crippen LogP contribution in [0.5, 0.6) is 0 Å². The lowest BCUT2D eigenvalue weighted by atomic mass is 10.0. The summed E-state index contributed by atoms with van der Waals surface area (Å²) in [5, 5.41) is 4.19. The highest BCUT2D eigenvalue weighted by molar-refractivity contribution is 9.10. The van der Waals surface area contributed by atoms with Crippen LogP contribution in [-0.2, 0) is 11.3 Å². The monoisotopic (exact) mass is 302 g/mol. The molecule has 0 aliphatic carbocycles. The van der Waals surface area contributed by atoms with Gasteiger partial charge in [-0.3, -0.25) is 9.48 Å². The number of halogens is 1. The smallest absolute Gasteiger partial charge is 0.213 e. The van der Waals surface area contributed by atoms with Gasteiger partial charge in [-0.15, -0.1) is 0 Å². The van der Waals surface area contributed by atoms with Gasteiger partial charge < -0.3 is 4.74 Å². The highest BCUT2D eigenvalue weighted by Crippen LogP contribution is 2.24. The van der Waals surface area contributed by atoms with E-state index in [0.717, 1.165) is 17.4 Å². The molecule has 0 aliphatic heterocycles. The van der Waals surface area contributed by atoms with Crippen LogP contribution in [0.2, 0.25) is 0 Å². The van der Waals surface area contributed by atoms with Crippen LogP contribution in [0.3, 0.4) is 0 Å². The molecule has 4 nitrogen and oxygen atoms in total. The summed E-state index contributed by atoms with van der Waals surface area (Å²) in [6, 6.07) is 0. The third kappa shape index (κ3) is 3.16. The Labute approximate surface area is 110 Å². The Balaban J connectivity index is 3.06. The molecule has 1 rings (SSSR count). The van der Waals surface area contributed by atoms with Crippen molar-refractivity contribution in [2.24, 2.45) is 0 Å². The van der Waals surface area contributed by atoms with E-state index in [1.165, 1.54) is 0 Å². The minimum absolute atomic E-state index is 0.0443. The Morgan fingerprint density at radius 1 is 1.53 bits per heavy atom. The maximum atomic E-state index is 12.4. The van der Waals surface area contributed by atoms with E-state index in [1.54, 1.807) is 24.7 Å². The highest BCUT2D eigenvalue weighted by Gasteiger charge is 2.33. The third-order valence-electron chi connectivity index (χ3n) is 2.50. The van der Waals surface area contributed by atoms with Crippen molar-refractivity contribution in [3.05, 3.63) is 16.4 Å². The first-order valence-corrected chi connectivity index (χ1v) is 6.63. The van der Waals surface area contributed by atoms with E-state index in [4.69, 9.17) is 4.74 Å². The van der Waals surface area contributed by atoms with E-state index in [0.29, 0.717) is 12.3 Å². The van der Waals surface area contributed by atoms with Crippen molar-refractivity contribution >= 4 is 21.7 Å². The fourth-order valence-electron chi connectivity index (χ4n) is 1.68. The van der Waals surface area contributed by atoms with Gasteiger partial charge in [0.2, 0.25) is 5.78 Å². The Morgan fingerprint density at radius 3 is 2.71 bits per heavy atom. The average molecular weight is 303 g/mol. The number of nitrogens with zero attached hydrogens (tertiary/aromatic N) is 2. The number of ether oxygens (including phenoxy) is 1. The Morgan fingerprint density at radius 2 is 2.18 bits per heavy atom. The number of ketones is 1. The van der Waals surface area contributed by atoms with Crippen LogP contribution in [0.4, 0.5) is 0 Å². The van der Waals surface area contributed by atoms with Crippen LogP contribution < -0.4 is 0 Å². The largest absolute Gasteiger partial charge is 0.368 e. The fraction of sp³-hybridized carbons (Fsp3) is 0.667. The lowest BCUT2D eigenvalue weighted by Crippen LogP contribution is -2.36. The summed E-state index contributed by atoms with van der Waals surface area (Å²) in [6.45, 7) is 8.75. The molecule has 96 valence electrons. The SMILES string of the molecule is CCCn1ncc(Br)c1C(=O)C(C)(C)OCC. The molecule has 1 aromatic heterocycles. The van der Waals surface area contributed by atoms with Gasteiger partial charge >= 0.3 is 0 Å². The standard InChI is InChI=1S/C12H19BrN2O2/c1-5-7-15-10(9(13)8-14-15)11(16)12(3,4)17-6-2/h8H,5-7H2,1-4H3. The maximum Gasteiger partial charge on any atom is 0.213 e. The summed E-state index contributed by atoms with van der Waals surface area (Å²) < 4.78 is 7.95. The van der Waals surface area contributed by atoms with E-state index >= 15 is 0 Å². The highest BCUT2D eigenvalue weighted by atomic mass is 79.9. The normalized spacial score (nSPS) is 11.8. The summed E-state index contributed by atoms with van der Waals surface area (Å²) in [5.41, 5.74) is -0.228. The molecular weight excluding hydrogens is 284 g/mol. The van der Waals surface area contributed by atoms with Gasteiger partial charge in [0.25, 0.3) is 0 Å². The number of hydrogen-bond donors (Lipinski definition) is 0. The first kappa shape index (κ1) is 14.4. The zero-order chi connectivity index (χ0) is 13.1. The molecule has 0 bridgehead atoms. The number of aryl methyl sites for hydroxylation is 1. The van der Waals surface area contributed by atoms with Crippen LogP contribution in [-0.4, -0.2) is 27.8 Å². The third-order valence-corrected chi connectivity index (χ3v) is 3.08. The molecule has 0 atom stereocenters. The summed E-state index contributed by atoms with van der Waals surface area (Å²) in [4.78, 5) is 12.4. The van der Waals surface area contributed by atoms with Gasteiger partial charge in [0, 0.05) is 13.2 Å². The molecule has 0 spiro atoms. The van der Waals surface area contributed by atoms with Crippen LogP contribution in [0.25, 0.3) is 0 Å². The van der Waals surface area contributed by atoms with E-state index in [-0.39, 0.29) is 5.78 Å². The first-order valence-electron chi connectivity index (χ1n) is 5.84. The maximum absolute atomic E-state index is 12.4. The van der Waals surface area contributed by atoms with Crippen molar-refractivity contribution in [1.29, 1.82) is 0 Å². The molecule has 0 fully saturated rings. The molecule has 1 heterocycles. The van der Waals surface area contributed by atoms with Crippen molar-refractivity contribution in [3.8, 4) is 0 Å². The Hall–Kier alpha value is -0.680. The molecular formula is C12H19BrN2O2. The second kappa shape index (κ2) is 5.78. The molecule has 0 saturated carbocycles. The molecule has 0 aromatic carbocycles. The molecule has 0 unspecified atom stereocenters.